The number of para-hydroxylation sites is 1. The molecule has 0 saturated heterocycles. The van der Waals surface area contributed by atoms with E-state index in [4.69, 9.17) is 4.42 Å². The van der Waals surface area contributed by atoms with Crippen molar-refractivity contribution in [1.82, 2.24) is 0 Å². The number of hydrogen-bond donors (Lipinski definition) is 1. The molecule has 2 aromatic carbocycles. The van der Waals surface area contributed by atoms with Gasteiger partial charge in [-0.2, -0.15) is 0 Å². The Morgan fingerprint density at radius 3 is 2.62 bits per heavy atom. The fourth-order valence-corrected chi connectivity index (χ4v) is 2.36. The zero-order valence-corrected chi connectivity index (χ0v) is 12.6. The highest BCUT2D eigenvalue weighted by Crippen LogP contribution is 2.22. The van der Waals surface area contributed by atoms with Gasteiger partial charge in [-0.3, -0.25) is 14.9 Å². The normalized spacial score (nSPS) is 10.5. The van der Waals surface area contributed by atoms with Crippen LogP contribution in [0.3, 0.4) is 0 Å². The van der Waals surface area contributed by atoms with E-state index in [0.29, 0.717) is 22.2 Å². The smallest absolute Gasteiger partial charge is 0.349 e. The van der Waals surface area contributed by atoms with Crippen LogP contribution in [0.2, 0.25) is 0 Å². The molecular formula is C17H12N2O5. The van der Waals surface area contributed by atoms with Crippen LogP contribution >= 0.6 is 0 Å². The number of benzene rings is 2. The molecule has 0 aliphatic heterocycles. The lowest BCUT2D eigenvalue weighted by atomic mass is 10.1. The van der Waals surface area contributed by atoms with Gasteiger partial charge in [0.15, 0.2) is 0 Å². The molecule has 1 heterocycles. The molecule has 0 aliphatic carbocycles. The summed E-state index contributed by atoms with van der Waals surface area (Å²) in [7, 11) is 0. The van der Waals surface area contributed by atoms with Gasteiger partial charge in [-0.25, -0.2) is 4.79 Å². The molecule has 0 fully saturated rings. The van der Waals surface area contributed by atoms with E-state index in [1.807, 2.05) is 0 Å². The molecule has 0 atom stereocenters. The molecule has 3 rings (SSSR count). The molecule has 0 unspecified atom stereocenters. The summed E-state index contributed by atoms with van der Waals surface area (Å²) < 4.78 is 5.12. The maximum absolute atomic E-state index is 12.3. The second-order valence-electron chi connectivity index (χ2n) is 5.20. The number of nitrogens with one attached hydrogen (secondary N) is 1. The van der Waals surface area contributed by atoms with E-state index in [2.05, 4.69) is 5.32 Å². The van der Waals surface area contributed by atoms with E-state index in [9.17, 15) is 19.7 Å². The van der Waals surface area contributed by atoms with Crippen LogP contribution in [0.15, 0.2) is 57.7 Å². The summed E-state index contributed by atoms with van der Waals surface area (Å²) in [5.74, 6) is -0.636. The molecule has 0 saturated carbocycles. The Kier molecular flexibility index (Phi) is 3.83. The number of nitro benzene ring substituents is 1. The average Bonchev–Trinajstić information content (AvgIpc) is 2.53. The van der Waals surface area contributed by atoms with Gasteiger partial charge < -0.3 is 9.73 Å². The molecule has 0 spiro atoms. The van der Waals surface area contributed by atoms with Crippen molar-refractivity contribution in [2.45, 2.75) is 6.92 Å². The van der Waals surface area contributed by atoms with Gasteiger partial charge in [-0.1, -0.05) is 18.2 Å². The Labute approximate surface area is 135 Å². The lowest BCUT2D eigenvalue weighted by Gasteiger charge is -2.06. The summed E-state index contributed by atoms with van der Waals surface area (Å²) in [5, 5.41) is 14.0. The highest BCUT2D eigenvalue weighted by molar-refractivity contribution is 6.05. The highest BCUT2D eigenvalue weighted by Gasteiger charge is 2.16. The fraction of sp³-hybridized carbons (Fsp3) is 0.0588. The lowest BCUT2D eigenvalue weighted by molar-refractivity contribution is -0.385. The van der Waals surface area contributed by atoms with Crippen molar-refractivity contribution >= 4 is 28.3 Å². The van der Waals surface area contributed by atoms with E-state index < -0.39 is 16.5 Å². The summed E-state index contributed by atoms with van der Waals surface area (Å²) >= 11 is 0. The standard InChI is InChI=1S/C17H12N2O5/c1-10-8-12(6-7-14(10)19(22)23)18-16(20)13-9-11-4-2-3-5-15(11)24-17(13)21/h2-9H,1H3,(H,18,20). The second kappa shape index (κ2) is 5.96. The number of anilines is 1. The molecule has 7 nitrogen and oxygen atoms in total. The van der Waals surface area contributed by atoms with E-state index in [-0.39, 0.29) is 11.3 Å². The summed E-state index contributed by atoms with van der Waals surface area (Å²) in [6.07, 6.45) is 0. The monoisotopic (exact) mass is 324 g/mol. The minimum absolute atomic E-state index is 0.0433. The Bertz CT molecular complexity index is 1020. The first-order valence-electron chi connectivity index (χ1n) is 7.05. The predicted octanol–water partition coefficient (Wildman–Crippen LogP) is 3.26. The largest absolute Gasteiger partial charge is 0.422 e. The SMILES string of the molecule is Cc1cc(NC(=O)c2cc3ccccc3oc2=O)ccc1[N+](=O)[O-]. The van der Waals surface area contributed by atoms with Gasteiger partial charge in [0.25, 0.3) is 11.6 Å². The lowest BCUT2D eigenvalue weighted by Crippen LogP contribution is -2.20. The van der Waals surface area contributed by atoms with Crippen LogP contribution in [0.1, 0.15) is 15.9 Å². The molecule has 0 aliphatic rings. The fourth-order valence-electron chi connectivity index (χ4n) is 2.36. The maximum atomic E-state index is 12.3. The van der Waals surface area contributed by atoms with Gasteiger partial charge in [-0.15, -0.1) is 0 Å². The summed E-state index contributed by atoms with van der Waals surface area (Å²) in [6.45, 7) is 1.57. The maximum Gasteiger partial charge on any atom is 0.349 e. The number of rotatable bonds is 3. The first-order valence-corrected chi connectivity index (χ1v) is 7.05. The first kappa shape index (κ1) is 15.4. The molecule has 1 N–H and O–H groups in total. The van der Waals surface area contributed by atoms with Crippen molar-refractivity contribution in [3.63, 3.8) is 0 Å². The molecule has 0 bridgehead atoms. The third-order valence-corrected chi connectivity index (χ3v) is 3.54. The van der Waals surface area contributed by atoms with Gasteiger partial charge in [0, 0.05) is 22.7 Å². The highest BCUT2D eigenvalue weighted by atomic mass is 16.6. The number of carbonyl (C=O) groups is 1. The van der Waals surface area contributed by atoms with Crippen molar-refractivity contribution in [3.8, 4) is 0 Å². The van der Waals surface area contributed by atoms with Gasteiger partial charge in [-0.05, 0) is 31.2 Å². The van der Waals surface area contributed by atoms with Crippen molar-refractivity contribution in [1.29, 1.82) is 0 Å². The molecular weight excluding hydrogens is 312 g/mol. The minimum atomic E-state index is -0.746. The van der Waals surface area contributed by atoms with Gasteiger partial charge in [0.05, 0.1) is 4.92 Å². The number of hydrogen-bond acceptors (Lipinski definition) is 5. The Hall–Kier alpha value is -3.48. The summed E-state index contributed by atoms with van der Waals surface area (Å²) in [4.78, 5) is 34.6. The van der Waals surface area contributed by atoms with Crippen LogP contribution in [0.4, 0.5) is 11.4 Å². The molecule has 3 aromatic rings. The number of nitrogens with zero attached hydrogens (tertiary/aromatic N) is 1. The van der Waals surface area contributed by atoms with Crippen LogP contribution in [0, 0.1) is 17.0 Å². The van der Waals surface area contributed by atoms with E-state index in [0.717, 1.165) is 0 Å². The number of nitro groups is 1. The van der Waals surface area contributed by atoms with Crippen LogP contribution in [0.25, 0.3) is 11.0 Å². The van der Waals surface area contributed by atoms with Crippen LogP contribution in [-0.2, 0) is 0 Å². The number of aryl methyl sites for hydroxylation is 1. The van der Waals surface area contributed by atoms with E-state index >= 15 is 0 Å². The van der Waals surface area contributed by atoms with Crippen molar-refractivity contribution < 1.29 is 14.1 Å². The van der Waals surface area contributed by atoms with Crippen molar-refractivity contribution in [3.05, 3.63) is 80.2 Å². The molecule has 1 amide bonds. The third-order valence-electron chi connectivity index (χ3n) is 3.54. The minimum Gasteiger partial charge on any atom is -0.422 e. The zero-order chi connectivity index (χ0) is 17.3. The number of carbonyl (C=O) groups excluding carboxylic acids is 1. The predicted molar refractivity (Wildman–Crippen MR) is 88.3 cm³/mol. The Morgan fingerprint density at radius 2 is 1.92 bits per heavy atom. The summed E-state index contributed by atoms with van der Waals surface area (Å²) in [6, 6.07) is 12.5. The van der Waals surface area contributed by atoms with Gasteiger partial charge >= 0.3 is 5.63 Å². The molecule has 24 heavy (non-hydrogen) atoms. The first-order chi connectivity index (χ1) is 11.5. The quantitative estimate of drug-likeness (QED) is 0.452. The van der Waals surface area contributed by atoms with Crippen molar-refractivity contribution in [2.24, 2.45) is 0 Å². The molecule has 120 valence electrons. The van der Waals surface area contributed by atoms with Crippen LogP contribution in [0.5, 0.6) is 0 Å². The average molecular weight is 324 g/mol. The van der Waals surface area contributed by atoms with Crippen LogP contribution < -0.4 is 10.9 Å². The van der Waals surface area contributed by atoms with Gasteiger partial charge in [0.2, 0.25) is 0 Å². The molecule has 7 heteroatoms. The molecule has 1 aromatic heterocycles. The second-order valence-corrected chi connectivity index (χ2v) is 5.20. The van der Waals surface area contributed by atoms with Crippen LogP contribution in [-0.4, -0.2) is 10.8 Å². The van der Waals surface area contributed by atoms with Crippen molar-refractivity contribution in [2.75, 3.05) is 5.32 Å². The van der Waals surface area contributed by atoms with E-state index in [1.54, 1.807) is 31.2 Å². The Balaban J connectivity index is 1.93. The third kappa shape index (κ3) is 2.87. The number of fused-ring (bicyclic) bond motifs is 1. The Morgan fingerprint density at radius 1 is 1.17 bits per heavy atom. The number of amides is 1. The van der Waals surface area contributed by atoms with Gasteiger partial charge in [0.1, 0.15) is 11.1 Å². The topological polar surface area (TPSA) is 102 Å². The zero-order valence-electron chi connectivity index (χ0n) is 12.6. The van der Waals surface area contributed by atoms with E-state index in [1.165, 1.54) is 24.3 Å². The molecule has 0 radical (unpaired) electrons. The summed E-state index contributed by atoms with van der Waals surface area (Å²) in [5.41, 5.74) is 0.233.